The van der Waals surface area contributed by atoms with E-state index in [9.17, 15) is 14.4 Å². The molecule has 0 N–H and O–H groups in total. The van der Waals surface area contributed by atoms with Gasteiger partial charge in [0.25, 0.3) is 0 Å². The van der Waals surface area contributed by atoms with Gasteiger partial charge in [-0.1, -0.05) is 36.8 Å². The Bertz CT molecular complexity index is 462. The normalized spacial score (nSPS) is 19.6. The van der Waals surface area contributed by atoms with E-state index in [0.717, 1.165) is 12.8 Å². The molecular formula is C15H16O3. The van der Waals surface area contributed by atoms with Gasteiger partial charge in [-0.15, -0.1) is 0 Å². The third-order valence-corrected chi connectivity index (χ3v) is 3.37. The lowest BCUT2D eigenvalue weighted by Gasteiger charge is -2.18. The molecule has 3 nitrogen and oxygen atoms in total. The van der Waals surface area contributed by atoms with Crippen LogP contribution in [0.3, 0.4) is 0 Å². The van der Waals surface area contributed by atoms with Crippen LogP contribution in [0.2, 0.25) is 0 Å². The van der Waals surface area contributed by atoms with Crippen molar-refractivity contribution in [2.45, 2.75) is 32.1 Å². The van der Waals surface area contributed by atoms with Crippen molar-refractivity contribution in [1.29, 1.82) is 0 Å². The largest absolute Gasteiger partial charge is 0.299 e. The van der Waals surface area contributed by atoms with E-state index in [0.29, 0.717) is 18.4 Å². The zero-order valence-electron chi connectivity index (χ0n) is 10.2. The second kappa shape index (κ2) is 5.71. The van der Waals surface area contributed by atoms with E-state index in [1.165, 1.54) is 0 Å². The molecule has 0 radical (unpaired) electrons. The second-order valence-corrected chi connectivity index (χ2v) is 4.70. The average molecular weight is 244 g/mol. The van der Waals surface area contributed by atoms with Crippen molar-refractivity contribution < 1.29 is 14.4 Å². The van der Waals surface area contributed by atoms with Gasteiger partial charge in [-0.25, -0.2) is 0 Å². The van der Waals surface area contributed by atoms with Gasteiger partial charge in [0.05, 0.1) is 12.3 Å². The number of carbonyl (C=O) groups is 3. The van der Waals surface area contributed by atoms with Crippen LogP contribution >= 0.6 is 0 Å². The van der Waals surface area contributed by atoms with Crippen molar-refractivity contribution in [3.05, 3.63) is 35.9 Å². The molecule has 0 bridgehead atoms. The fourth-order valence-corrected chi connectivity index (χ4v) is 2.33. The Morgan fingerprint density at radius 1 is 1.11 bits per heavy atom. The molecule has 0 heterocycles. The third kappa shape index (κ3) is 2.92. The first kappa shape index (κ1) is 12.7. The molecule has 0 amide bonds. The number of hydrogen-bond donors (Lipinski definition) is 0. The molecule has 0 aromatic heterocycles. The van der Waals surface area contributed by atoms with E-state index in [-0.39, 0.29) is 23.8 Å². The Morgan fingerprint density at radius 2 is 1.83 bits per heavy atom. The maximum Gasteiger partial charge on any atom is 0.170 e. The van der Waals surface area contributed by atoms with E-state index in [1.54, 1.807) is 24.3 Å². The second-order valence-electron chi connectivity index (χ2n) is 4.70. The Balaban J connectivity index is 1.99. The highest BCUT2D eigenvalue weighted by Crippen LogP contribution is 2.23. The predicted molar refractivity (Wildman–Crippen MR) is 67.4 cm³/mol. The number of hydrogen-bond acceptors (Lipinski definition) is 3. The maximum absolute atomic E-state index is 12.0. The van der Waals surface area contributed by atoms with Crippen LogP contribution in [0.1, 0.15) is 42.5 Å². The Morgan fingerprint density at radius 3 is 2.50 bits per heavy atom. The summed E-state index contributed by atoms with van der Waals surface area (Å²) in [6, 6.07) is 8.74. The molecule has 1 saturated carbocycles. The monoisotopic (exact) mass is 244 g/mol. The molecule has 1 aliphatic carbocycles. The molecule has 0 aliphatic heterocycles. The van der Waals surface area contributed by atoms with E-state index >= 15 is 0 Å². The summed E-state index contributed by atoms with van der Waals surface area (Å²) in [6.45, 7) is 0. The summed E-state index contributed by atoms with van der Waals surface area (Å²) in [5.41, 5.74) is 0.536. The molecule has 1 atom stereocenters. The summed E-state index contributed by atoms with van der Waals surface area (Å²) < 4.78 is 0. The van der Waals surface area contributed by atoms with Gasteiger partial charge in [-0.3, -0.25) is 14.4 Å². The molecule has 1 aromatic carbocycles. The Kier molecular flexibility index (Phi) is 4.03. The van der Waals surface area contributed by atoms with E-state index in [2.05, 4.69) is 0 Å². The SMILES string of the molecule is O=C(CC(=O)C1CCCCC1=O)c1ccccc1. The standard InChI is InChI=1S/C15H16O3/c16-13-9-5-4-8-12(13)15(18)10-14(17)11-6-2-1-3-7-11/h1-3,6-7,12H,4-5,8-10H2. The third-order valence-electron chi connectivity index (χ3n) is 3.37. The number of Topliss-reactive ketones (excluding diaryl/α,β-unsaturated/α-hetero) is 3. The number of carbonyl (C=O) groups excluding carboxylic acids is 3. The van der Waals surface area contributed by atoms with Gasteiger partial charge in [0, 0.05) is 12.0 Å². The van der Waals surface area contributed by atoms with Crippen molar-refractivity contribution in [2.24, 2.45) is 5.92 Å². The van der Waals surface area contributed by atoms with Crippen LogP contribution < -0.4 is 0 Å². The summed E-state index contributed by atoms with van der Waals surface area (Å²) >= 11 is 0. The van der Waals surface area contributed by atoms with Gasteiger partial charge in [0.2, 0.25) is 0 Å². The van der Waals surface area contributed by atoms with Crippen molar-refractivity contribution in [3.8, 4) is 0 Å². The van der Waals surface area contributed by atoms with Crippen molar-refractivity contribution in [2.75, 3.05) is 0 Å². The van der Waals surface area contributed by atoms with Gasteiger partial charge in [-0.2, -0.15) is 0 Å². The summed E-state index contributed by atoms with van der Waals surface area (Å²) in [7, 11) is 0. The van der Waals surface area contributed by atoms with Gasteiger partial charge >= 0.3 is 0 Å². The molecule has 2 rings (SSSR count). The first-order chi connectivity index (χ1) is 8.68. The molecule has 94 valence electrons. The first-order valence-electron chi connectivity index (χ1n) is 6.32. The Hall–Kier alpha value is -1.77. The van der Waals surface area contributed by atoms with Crippen LogP contribution in [0, 0.1) is 5.92 Å². The lowest BCUT2D eigenvalue weighted by Crippen LogP contribution is -2.28. The first-order valence-corrected chi connectivity index (χ1v) is 6.32. The highest BCUT2D eigenvalue weighted by Gasteiger charge is 2.29. The fraction of sp³-hybridized carbons (Fsp3) is 0.400. The summed E-state index contributed by atoms with van der Waals surface area (Å²) in [4.78, 5) is 35.4. The van der Waals surface area contributed by atoms with Crippen LogP contribution in [-0.2, 0) is 9.59 Å². The van der Waals surface area contributed by atoms with Gasteiger partial charge in [0.15, 0.2) is 11.6 Å². The minimum absolute atomic E-state index is 0.00658. The minimum Gasteiger partial charge on any atom is -0.299 e. The van der Waals surface area contributed by atoms with Crippen molar-refractivity contribution in [1.82, 2.24) is 0 Å². The van der Waals surface area contributed by atoms with Gasteiger partial charge in [0.1, 0.15) is 5.78 Å². The molecule has 0 spiro atoms. The maximum atomic E-state index is 12.0. The predicted octanol–water partition coefficient (Wildman–Crippen LogP) is 2.59. The average Bonchev–Trinajstić information content (AvgIpc) is 2.40. The van der Waals surface area contributed by atoms with E-state index in [1.807, 2.05) is 6.07 Å². The molecule has 3 heteroatoms. The molecular weight excluding hydrogens is 228 g/mol. The summed E-state index contributed by atoms with van der Waals surface area (Å²) in [5.74, 6) is -0.939. The molecule has 1 aliphatic rings. The number of benzene rings is 1. The van der Waals surface area contributed by atoms with E-state index in [4.69, 9.17) is 0 Å². The van der Waals surface area contributed by atoms with Crippen LogP contribution in [0.15, 0.2) is 30.3 Å². The van der Waals surface area contributed by atoms with Crippen molar-refractivity contribution in [3.63, 3.8) is 0 Å². The molecule has 1 fully saturated rings. The lowest BCUT2D eigenvalue weighted by atomic mass is 9.83. The molecule has 1 aromatic rings. The quantitative estimate of drug-likeness (QED) is 0.604. The molecule has 1 unspecified atom stereocenters. The summed E-state index contributed by atoms with van der Waals surface area (Å²) in [5, 5.41) is 0. The number of rotatable bonds is 4. The van der Waals surface area contributed by atoms with Gasteiger partial charge in [-0.05, 0) is 12.8 Å². The van der Waals surface area contributed by atoms with Crippen LogP contribution in [0.4, 0.5) is 0 Å². The summed E-state index contributed by atoms with van der Waals surface area (Å²) in [6.07, 6.45) is 2.72. The van der Waals surface area contributed by atoms with E-state index < -0.39 is 5.92 Å². The zero-order chi connectivity index (χ0) is 13.0. The van der Waals surface area contributed by atoms with Crippen molar-refractivity contribution >= 4 is 17.3 Å². The zero-order valence-corrected chi connectivity index (χ0v) is 10.2. The van der Waals surface area contributed by atoms with Crippen LogP contribution in [0.5, 0.6) is 0 Å². The topological polar surface area (TPSA) is 51.2 Å². The Labute approximate surface area is 106 Å². The molecule has 0 saturated heterocycles. The fourth-order valence-electron chi connectivity index (χ4n) is 2.33. The van der Waals surface area contributed by atoms with Crippen LogP contribution in [0.25, 0.3) is 0 Å². The van der Waals surface area contributed by atoms with Crippen LogP contribution in [-0.4, -0.2) is 17.3 Å². The van der Waals surface area contributed by atoms with Gasteiger partial charge < -0.3 is 0 Å². The smallest absolute Gasteiger partial charge is 0.170 e. The highest BCUT2D eigenvalue weighted by atomic mass is 16.2. The molecule has 18 heavy (non-hydrogen) atoms. The minimum atomic E-state index is -0.536. The number of ketones is 3. The lowest BCUT2D eigenvalue weighted by molar-refractivity contribution is -0.133. The highest BCUT2D eigenvalue weighted by molar-refractivity contribution is 6.13.